The van der Waals surface area contributed by atoms with Gasteiger partial charge in [-0.3, -0.25) is 14.1 Å². The summed E-state index contributed by atoms with van der Waals surface area (Å²) in [6.07, 6.45) is 2.52. The number of nitrogens with one attached hydrogen (secondary N) is 1. The number of carbonyl (C=O) groups is 2. The monoisotopic (exact) mass is 416 g/mol. The van der Waals surface area contributed by atoms with Crippen LogP contribution >= 0.6 is 11.3 Å². The minimum atomic E-state index is -4.84. The van der Waals surface area contributed by atoms with E-state index in [1.54, 1.807) is 0 Å². The average molecular weight is 416 g/mol. The number of nitrogens with zero attached hydrogens (tertiary/aromatic N) is 6. The number of hydrogen-bond donors (Lipinski definition) is 3. The molecule has 0 aliphatic carbocycles. The molecule has 2 aromatic heterocycles. The van der Waals surface area contributed by atoms with Gasteiger partial charge in [-0.05, 0) is 5.18 Å². The number of β-lactam (4-membered cyclic amide) rings is 1. The second-order valence-corrected chi connectivity index (χ2v) is 7.62. The summed E-state index contributed by atoms with van der Waals surface area (Å²) in [4.78, 5) is 39.3. The van der Waals surface area contributed by atoms with Crippen LogP contribution in [0.1, 0.15) is 11.7 Å². The molecule has 0 radical (unpaired) electrons. The Morgan fingerprint density at radius 1 is 1.44 bits per heavy atom. The molecule has 27 heavy (non-hydrogen) atoms. The third-order valence-electron chi connectivity index (χ3n) is 3.75. The first-order chi connectivity index (χ1) is 12.7. The fraction of sp³-hybridized carbons (Fsp3) is 0.364. The van der Waals surface area contributed by atoms with E-state index in [1.807, 2.05) is 0 Å². The normalized spacial score (nSPS) is 20.8. The van der Waals surface area contributed by atoms with Crippen LogP contribution in [0.5, 0.6) is 0 Å². The quantitative estimate of drug-likeness (QED) is 0.266. The predicted molar refractivity (Wildman–Crippen MR) is 89.2 cm³/mol. The summed E-state index contributed by atoms with van der Waals surface area (Å²) in [5, 5.41) is 13.5. The number of amides is 2. The molecule has 1 aliphatic rings. The highest BCUT2D eigenvalue weighted by Gasteiger charge is 2.54. The van der Waals surface area contributed by atoms with Crippen molar-refractivity contribution >= 4 is 38.6 Å². The third-order valence-corrected chi connectivity index (χ3v) is 5.39. The number of aromatic nitrogens is 4. The number of nitrogens with two attached hydrogens (primary N) is 1. The molecule has 3 heterocycles. The smallest absolute Gasteiger partial charge is 0.362 e. The van der Waals surface area contributed by atoms with Crippen LogP contribution in [-0.2, 0) is 26.4 Å². The second-order valence-electron chi connectivity index (χ2n) is 5.44. The zero-order valence-corrected chi connectivity index (χ0v) is 14.9. The summed E-state index contributed by atoms with van der Waals surface area (Å²) in [5.74, 6) is -2.02. The molecule has 0 spiro atoms. The Bertz CT molecular complexity index is 973. The SMILES string of the molecule is Nc1nc(C(N=O)C(=O)NC2C(=O)N(S(=O)(=O)O)C2Cn2cnnc2)cs1. The first kappa shape index (κ1) is 18.8. The van der Waals surface area contributed by atoms with E-state index in [2.05, 4.69) is 25.7 Å². The fourth-order valence-corrected chi connectivity index (χ4v) is 4.02. The highest BCUT2D eigenvalue weighted by Crippen LogP contribution is 2.27. The molecule has 0 bridgehead atoms. The predicted octanol–water partition coefficient (Wildman–Crippen LogP) is -1.68. The second kappa shape index (κ2) is 6.97. The highest BCUT2D eigenvalue weighted by molar-refractivity contribution is 7.84. The first-order valence-corrected chi connectivity index (χ1v) is 9.47. The standard InChI is InChI=1S/C11H12N8O6S2/c12-11-15-5(2-26-11)7(17-22)9(20)16-8-6(1-18-3-13-14-4-18)19(10(8)21)27(23,24)25/h2-4,6-8H,1H2,(H2,12,15)(H,16,20)(H,23,24,25). The lowest BCUT2D eigenvalue weighted by Gasteiger charge is -2.44. The van der Waals surface area contributed by atoms with Crippen molar-refractivity contribution in [2.24, 2.45) is 5.18 Å². The van der Waals surface area contributed by atoms with E-state index in [4.69, 9.17) is 5.73 Å². The van der Waals surface area contributed by atoms with E-state index < -0.39 is 40.2 Å². The van der Waals surface area contributed by atoms with Crippen LogP contribution < -0.4 is 11.1 Å². The van der Waals surface area contributed by atoms with Crippen molar-refractivity contribution in [2.75, 3.05) is 5.73 Å². The van der Waals surface area contributed by atoms with Gasteiger partial charge in [-0.25, -0.2) is 9.29 Å². The number of thiazole rings is 1. The molecule has 3 rings (SSSR count). The van der Waals surface area contributed by atoms with Crippen LogP contribution in [0.3, 0.4) is 0 Å². The van der Waals surface area contributed by atoms with Crippen molar-refractivity contribution in [3.63, 3.8) is 0 Å². The Kier molecular flexibility index (Phi) is 4.85. The summed E-state index contributed by atoms with van der Waals surface area (Å²) in [7, 11) is -4.84. The Morgan fingerprint density at radius 2 is 2.11 bits per heavy atom. The van der Waals surface area contributed by atoms with Gasteiger partial charge in [-0.15, -0.1) is 26.4 Å². The Balaban J connectivity index is 1.80. The van der Waals surface area contributed by atoms with Gasteiger partial charge in [0.15, 0.2) is 5.13 Å². The van der Waals surface area contributed by atoms with E-state index in [0.717, 1.165) is 11.3 Å². The maximum Gasteiger partial charge on any atom is 0.362 e. The number of hydrogen-bond acceptors (Lipinski definition) is 11. The van der Waals surface area contributed by atoms with Gasteiger partial charge in [-0.2, -0.15) is 8.42 Å². The first-order valence-electron chi connectivity index (χ1n) is 7.19. The molecule has 4 N–H and O–H groups in total. The van der Waals surface area contributed by atoms with E-state index in [-0.39, 0.29) is 21.7 Å². The maximum absolute atomic E-state index is 12.3. The van der Waals surface area contributed by atoms with Crippen molar-refractivity contribution in [2.45, 2.75) is 24.7 Å². The molecule has 144 valence electrons. The molecule has 3 unspecified atom stereocenters. The Hall–Kier alpha value is -2.98. The lowest BCUT2D eigenvalue weighted by Crippen LogP contribution is -2.73. The van der Waals surface area contributed by atoms with Crippen molar-refractivity contribution in [3.05, 3.63) is 28.6 Å². The number of nitroso groups, excluding NO2 is 1. The van der Waals surface area contributed by atoms with Crippen LogP contribution in [0.2, 0.25) is 0 Å². The number of nitrogen functional groups attached to an aromatic ring is 1. The van der Waals surface area contributed by atoms with Crippen LogP contribution in [-0.4, -0.2) is 60.9 Å². The van der Waals surface area contributed by atoms with Gasteiger partial charge in [0.1, 0.15) is 18.7 Å². The van der Waals surface area contributed by atoms with E-state index in [1.165, 1.54) is 22.6 Å². The fourth-order valence-electron chi connectivity index (χ4n) is 2.57. The number of anilines is 1. The molecule has 2 amide bonds. The molecule has 14 nitrogen and oxygen atoms in total. The zero-order valence-electron chi connectivity index (χ0n) is 13.2. The molecule has 1 fully saturated rings. The van der Waals surface area contributed by atoms with Gasteiger partial charge in [-0.1, -0.05) is 0 Å². The van der Waals surface area contributed by atoms with E-state index >= 15 is 0 Å². The molecule has 0 aromatic carbocycles. The molecular weight excluding hydrogens is 404 g/mol. The largest absolute Gasteiger partial charge is 0.375 e. The van der Waals surface area contributed by atoms with Gasteiger partial charge < -0.3 is 15.6 Å². The molecule has 2 aromatic rings. The molecule has 1 aliphatic heterocycles. The van der Waals surface area contributed by atoms with Crippen molar-refractivity contribution in [1.82, 2.24) is 29.4 Å². The van der Waals surface area contributed by atoms with Gasteiger partial charge in [0.05, 0.1) is 11.7 Å². The Morgan fingerprint density at radius 3 is 2.63 bits per heavy atom. The van der Waals surface area contributed by atoms with Gasteiger partial charge >= 0.3 is 10.3 Å². The summed E-state index contributed by atoms with van der Waals surface area (Å²) in [5.41, 5.74) is 5.46. The number of rotatable bonds is 7. The summed E-state index contributed by atoms with van der Waals surface area (Å²) < 4.78 is 33.7. The summed E-state index contributed by atoms with van der Waals surface area (Å²) >= 11 is 0.995. The topological polar surface area (TPSA) is 203 Å². The minimum Gasteiger partial charge on any atom is -0.375 e. The van der Waals surface area contributed by atoms with Gasteiger partial charge in [0.25, 0.3) is 11.8 Å². The van der Waals surface area contributed by atoms with Crippen LogP contribution in [0.4, 0.5) is 5.13 Å². The van der Waals surface area contributed by atoms with Crippen molar-refractivity contribution in [3.8, 4) is 0 Å². The zero-order chi connectivity index (χ0) is 19.8. The number of carbonyl (C=O) groups excluding carboxylic acids is 2. The molecule has 16 heteroatoms. The lowest BCUT2D eigenvalue weighted by atomic mass is 9.98. The minimum absolute atomic E-state index is 0.00114. The van der Waals surface area contributed by atoms with Crippen LogP contribution in [0, 0.1) is 4.91 Å². The van der Waals surface area contributed by atoms with Crippen LogP contribution in [0.15, 0.2) is 23.2 Å². The van der Waals surface area contributed by atoms with Crippen molar-refractivity contribution < 1.29 is 22.6 Å². The lowest BCUT2D eigenvalue weighted by molar-refractivity contribution is -0.146. The average Bonchev–Trinajstić information content (AvgIpc) is 3.23. The molecule has 0 saturated carbocycles. The Labute approximate surface area is 155 Å². The molecular formula is C11H12N8O6S2. The van der Waals surface area contributed by atoms with E-state index in [9.17, 15) is 27.5 Å². The maximum atomic E-state index is 12.3. The molecule has 3 atom stereocenters. The highest BCUT2D eigenvalue weighted by atomic mass is 32.2. The van der Waals surface area contributed by atoms with Gasteiger partial charge in [0.2, 0.25) is 6.04 Å². The third kappa shape index (κ3) is 3.62. The van der Waals surface area contributed by atoms with Crippen molar-refractivity contribution in [1.29, 1.82) is 0 Å². The van der Waals surface area contributed by atoms with Gasteiger partial charge in [0, 0.05) is 11.9 Å². The van der Waals surface area contributed by atoms with E-state index in [0.29, 0.717) is 0 Å². The summed E-state index contributed by atoms with van der Waals surface area (Å²) in [6.45, 7) is -0.133. The summed E-state index contributed by atoms with van der Waals surface area (Å²) in [6, 6.07) is -4.04. The molecule has 1 saturated heterocycles. The van der Waals surface area contributed by atoms with Crippen LogP contribution in [0.25, 0.3) is 0 Å².